The average molecular weight is 417 g/mol. The predicted octanol–water partition coefficient (Wildman–Crippen LogP) is 1.29. The highest BCUT2D eigenvalue weighted by molar-refractivity contribution is 5.19. The molecule has 0 aliphatic heterocycles. The number of ether oxygens (including phenoxy) is 7. The van der Waals surface area contributed by atoms with Crippen LogP contribution in [0.2, 0.25) is 0 Å². The maximum atomic E-state index is 5.56. The number of hydrogen-bond donors (Lipinski definition) is 1. The third-order valence-corrected chi connectivity index (χ3v) is 3.38. The van der Waals surface area contributed by atoms with Gasteiger partial charge in [0, 0.05) is 25.3 Å². The van der Waals surface area contributed by atoms with E-state index >= 15 is 0 Å². The molecule has 0 atom stereocenters. The summed E-state index contributed by atoms with van der Waals surface area (Å²) in [7, 11) is 0. The van der Waals surface area contributed by atoms with Crippen molar-refractivity contribution in [2.75, 3.05) is 85.8 Å². The van der Waals surface area contributed by atoms with Crippen molar-refractivity contribution in [2.45, 2.75) is 13.3 Å². The Hall–Kier alpha value is -1.49. The third kappa shape index (κ3) is 16.0. The van der Waals surface area contributed by atoms with Crippen molar-refractivity contribution in [2.24, 2.45) is 5.73 Å². The van der Waals surface area contributed by atoms with E-state index in [1.807, 2.05) is 6.07 Å². The summed E-state index contributed by atoms with van der Waals surface area (Å²) in [5, 5.41) is 0. The normalized spacial score (nSPS) is 11.0. The zero-order chi connectivity index (χ0) is 20.8. The van der Waals surface area contributed by atoms with E-state index in [2.05, 4.69) is 11.9 Å². The van der Waals surface area contributed by atoms with E-state index in [0.717, 1.165) is 13.0 Å². The molecule has 0 aliphatic rings. The second-order valence-electron chi connectivity index (χ2n) is 5.86. The lowest BCUT2D eigenvalue weighted by atomic mass is 10.5. The van der Waals surface area contributed by atoms with Crippen molar-refractivity contribution < 1.29 is 33.2 Å². The van der Waals surface area contributed by atoms with Gasteiger partial charge in [-0.25, -0.2) is 0 Å². The fourth-order valence-electron chi connectivity index (χ4n) is 2.06. The van der Waals surface area contributed by atoms with Crippen molar-refractivity contribution in [1.82, 2.24) is 4.98 Å². The van der Waals surface area contributed by atoms with Crippen LogP contribution in [-0.2, 0) is 23.7 Å². The summed E-state index contributed by atoms with van der Waals surface area (Å²) in [6.45, 7) is 8.94. The van der Waals surface area contributed by atoms with Gasteiger partial charge in [0.2, 0.25) is 11.8 Å². The van der Waals surface area contributed by atoms with E-state index in [4.69, 9.17) is 38.9 Å². The number of rotatable bonds is 21. The van der Waals surface area contributed by atoms with Crippen LogP contribution in [0.1, 0.15) is 13.3 Å². The number of nitrogens with two attached hydrogens (primary N) is 1. The second-order valence-corrected chi connectivity index (χ2v) is 5.86. The van der Waals surface area contributed by atoms with E-state index in [-0.39, 0.29) is 0 Å². The van der Waals surface area contributed by atoms with Crippen LogP contribution in [0.4, 0.5) is 0 Å². The van der Waals surface area contributed by atoms with Gasteiger partial charge in [0.15, 0.2) is 0 Å². The summed E-state index contributed by atoms with van der Waals surface area (Å²) >= 11 is 0. The fraction of sp³-hybridized carbons (Fsp3) is 0.750. The molecular weight excluding hydrogens is 380 g/mol. The Kier molecular flexibility index (Phi) is 17.5. The summed E-state index contributed by atoms with van der Waals surface area (Å²) in [6.07, 6.45) is 1.01. The molecule has 9 heteroatoms. The Balaban J connectivity index is 1.97. The third-order valence-electron chi connectivity index (χ3n) is 3.38. The minimum atomic E-state index is 0.400. The van der Waals surface area contributed by atoms with E-state index in [0.29, 0.717) is 91.0 Å². The Labute approximate surface area is 173 Å². The highest BCUT2D eigenvalue weighted by Crippen LogP contribution is 2.13. The first-order valence-electron chi connectivity index (χ1n) is 10.2. The van der Waals surface area contributed by atoms with Crippen LogP contribution in [0.15, 0.2) is 18.2 Å². The minimum Gasteiger partial charge on any atom is -0.475 e. The van der Waals surface area contributed by atoms with Crippen LogP contribution in [-0.4, -0.2) is 90.8 Å². The first-order chi connectivity index (χ1) is 14.4. The van der Waals surface area contributed by atoms with Crippen LogP contribution in [0.25, 0.3) is 0 Å². The Morgan fingerprint density at radius 2 is 1.03 bits per heavy atom. The van der Waals surface area contributed by atoms with Crippen LogP contribution in [0, 0.1) is 0 Å². The van der Waals surface area contributed by atoms with E-state index < -0.39 is 0 Å². The second kappa shape index (κ2) is 19.8. The van der Waals surface area contributed by atoms with Gasteiger partial charge in [-0.1, -0.05) is 13.0 Å². The van der Waals surface area contributed by atoms with Crippen LogP contribution < -0.4 is 15.2 Å². The maximum absolute atomic E-state index is 5.56. The molecule has 0 aliphatic carbocycles. The highest BCUT2D eigenvalue weighted by atomic mass is 16.6. The molecular formula is C20H36N2O7. The Bertz CT molecular complexity index is 480. The largest absolute Gasteiger partial charge is 0.475 e. The van der Waals surface area contributed by atoms with Gasteiger partial charge in [-0.15, -0.1) is 0 Å². The van der Waals surface area contributed by atoms with Gasteiger partial charge in [0.1, 0.15) is 13.2 Å². The van der Waals surface area contributed by atoms with Gasteiger partial charge >= 0.3 is 0 Å². The topological polar surface area (TPSA) is 104 Å². The standard InChI is InChI=1S/C20H36N2O7/c1-2-7-23-9-11-26-15-17-28-19-4-3-5-20(22-19)29-18-16-27-14-13-25-12-10-24-8-6-21/h3-5H,2,6-18,21H2,1H3. The minimum absolute atomic E-state index is 0.400. The van der Waals surface area contributed by atoms with Crippen molar-refractivity contribution in [3.63, 3.8) is 0 Å². The molecule has 0 saturated carbocycles. The highest BCUT2D eigenvalue weighted by Gasteiger charge is 2.00. The molecule has 29 heavy (non-hydrogen) atoms. The zero-order valence-corrected chi connectivity index (χ0v) is 17.5. The molecule has 0 unspecified atom stereocenters. The van der Waals surface area contributed by atoms with Crippen LogP contribution in [0.5, 0.6) is 11.8 Å². The first kappa shape index (κ1) is 25.5. The van der Waals surface area contributed by atoms with E-state index in [9.17, 15) is 0 Å². The molecule has 2 N–H and O–H groups in total. The molecule has 0 radical (unpaired) electrons. The molecule has 1 rings (SSSR count). The fourth-order valence-corrected chi connectivity index (χ4v) is 2.06. The molecule has 0 amide bonds. The summed E-state index contributed by atoms with van der Waals surface area (Å²) in [6, 6.07) is 5.39. The zero-order valence-electron chi connectivity index (χ0n) is 17.5. The van der Waals surface area contributed by atoms with Gasteiger partial charge in [-0.3, -0.25) is 0 Å². The molecule has 0 spiro atoms. The lowest BCUT2D eigenvalue weighted by Gasteiger charge is -2.09. The van der Waals surface area contributed by atoms with E-state index in [1.165, 1.54) is 0 Å². The van der Waals surface area contributed by atoms with Crippen molar-refractivity contribution in [3.05, 3.63) is 18.2 Å². The summed E-state index contributed by atoms with van der Waals surface area (Å²) in [4.78, 5) is 4.29. The summed E-state index contributed by atoms with van der Waals surface area (Å²) in [5.74, 6) is 0.993. The molecule has 0 fully saturated rings. The van der Waals surface area contributed by atoms with Gasteiger partial charge < -0.3 is 38.9 Å². The van der Waals surface area contributed by atoms with Crippen LogP contribution >= 0.6 is 0 Å². The lowest BCUT2D eigenvalue weighted by Crippen LogP contribution is -2.15. The van der Waals surface area contributed by atoms with Crippen molar-refractivity contribution in [1.29, 1.82) is 0 Å². The number of aromatic nitrogens is 1. The lowest BCUT2D eigenvalue weighted by molar-refractivity contribution is 0.0103. The smallest absolute Gasteiger partial charge is 0.216 e. The molecule has 0 saturated heterocycles. The number of nitrogens with zero attached hydrogens (tertiary/aromatic N) is 1. The van der Waals surface area contributed by atoms with Crippen molar-refractivity contribution >= 4 is 0 Å². The Morgan fingerprint density at radius 3 is 1.48 bits per heavy atom. The van der Waals surface area contributed by atoms with Crippen molar-refractivity contribution in [3.8, 4) is 11.8 Å². The number of hydrogen-bond acceptors (Lipinski definition) is 9. The molecule has 1 aromatic rings. The summed E-state index contributed by atoms with van der Waals surface area (Å²) in [5.41, 5.74) is 5.32. The molecule has 0 bridgehead atoms. The quantitative estimate of drug-likeness (QED) is 0.297. The molecule has 1 aromatic heterocycles. The maximum Gasteiger partial charge on any atom is 0.216 e. The SMILES string of the molecule is CCCOCCOCCOc1cccc(OCCOCCOCCOCCN)n1. The molecule has 0 aromatic carbocycles. The van der Waals surface area contributed by atoms with Gasteiger partial charge in [-0.05, 0) is 6.42 Å². The van der Waals surface area contributed by atoms with E-state index in [1.54, 1.807) is 12.1 Å². The van der Waals surface area contributed by atoms with Gasteiger partial charge in [0.05, 0.1) is 59.5 Å². The first-order valence-corrected chi connectivity index (χ1v) is 10.2. The molecule has 9 nitrogen and oxygen atoms in total. The Morgan fingerprint density at radius 1 is 0.621 bits per heavy atom. The monoisotopic (exact) mass is 416 g/mol. The molecule has 1 heterocycles. The van der Waals surface area contributed by atoms with Gasteiger partial charge in [0.25, 0.3) is 0 Å². The average Bonchev–Trinajstić information content (AvgIpc) is 2.74. The predicted molar refractivity (Wildman–Crippen MR) is 109 cm³/mol. The number of pyridine rings is 1. The summed E-state index contributed by atoms with van der Waals surface area (Å²) < 4.78 is 37.9. The molecule has 168 valence electrons. The van der Waals surface area contributed by atoms with Crippen LogP contribution in [0.3, 0.4) is 0 Å². The van der Waals surface area contributed by atoms with Gasteiger partial charge in [-0.2, -0.15) is 4.98 Å².